The average molecular weight is 442 g/mol. The van der Waals surface area contributed by atoms with E-state index in [-0.39, 0.29) is 11.5 Å². The molecular weight excluding hydrogens is 418 g/mol. The number of methoxy groups -OCH3 is 1. The Balaban J connectivity index is 1.49. The van der Waals surface area contributed by atoms with Crippen molar-refractivity contribution in [3.8, 4) is 5.75 Å². The Morgan fingerprint density at radius 2 is 1.67 bits per heavy atom. The van der Waals surface area contributed by atoms with E-state index in [0.717, 1.165) is 27.6 Å². The molecule has 0 aromatic heterocycles. The molecule has 1 aliphatic heterocycles. The summed E-state index contributed by atoms with van der Waals surface area (Å²) in [7, 11) is -2.10. The molecular formula is C23H23NO4S2. The molecule has 0 fully saturated rings. The molecule has 0 bridgehead atoms. The van der Waals surface area contributed by atoms with Crippen LogP contribution < -0.4 is 9.64 Å². The number of anilines is 2. The van der Waals surface area contributed by atoms with Crippen molar-refractivity contribution >= 4 is 33.3 Å². The Kier molecular flexibility index (Phi) is 6.04. The van der Waals surface area contributed by atoms with Gasteiger partial charge in [0, 0.05) is 22.4 Å². The Hall–Kier alpha value is -2.48. The van der Waals surface area contributed by atoms with Crippen LogP contribution >= 0.6 is 11.8 Å². The maximum Gasteiger partial charge on any atom is 0.296 e. The minimum Gasteiger partial charge on any atom is -0.497 e. The number of benzene rings is 3. The van der Waals surface area contributed by atoms with Gasteiger partial charge < -0.3 is 9.64 Å². The van der Waals surface area contributed by atoms with Gasteiger partial charge >= 0.3 is 0 Å². The summed E-state index contributed by atoms with van der Waals surface area (Å²) in [6, 6.07) is 20.9. The van der Waals surface area contributed by atoms with Crippen LogP contribution in [0.2, 0.25) is 0 Å². The second kappa shape index (κ2) is 8.71. The highest BCUT2D eigenvalue weighted by atomic mass is 32.2. The topological polar surface area (TPSA) is 55.8 Å². The number of nitrogens with zero attached hydrogens (tertiary/aromatic N) is 1. The standard InChI is InChI=1S/C23H23NO4S2/c1-17-8-11-19(12-9-17)30(25,26)28-15-5-14-24-20-6-3-4-7-22(20)29-23-13-10-18(27-2)16-21(23)24/h3-4,6-13,16H,5,14-15H2,1-2H3. The lowest BCUT2D eigenvalue weighted by atomic mass is 10.2. The van der Waals surface area contributed by atoms with Crippen LogP contribution in [0.15, 0.2) is 81.4 Å². The van der Waals surface area contributed by atoms with Gasteiger partial charge in [0.15, 0.2) is 0 Å². The number of fused-ring (bicyclic) bond motifs is 2. The molecule has 0 amide bonds. The highest BCUT2D eigenvalue weighted by Gasteiger charge is 2.24. The lowest BCUT2D eigenvalue weighted by molar-refractivity contribution is 0.314. The Bertz CT molecular complexity index is 1140. The highest BCUT2D eigenvalue weighted by Crippen LogP contribution is 2.49. The van der Waals surface area contributed by atoms with E-state index >= 15 is 0 Å². The van der Waals surface area contributed by atoms with Crippen molar-refractivity contribution < 1.29 is 17.3 Å². The molecule has 0 aliphatic carbocycles. The van der Waals surface area contributed by atoms with Gasteiger partial charge in [0.1, 0.15) is 5.75 Å². The highest BCUT2D eigenvalue weighted by molar-refractivity contribution is 7.99. The van der Waals surface area contributed by atoms with E-state index in [2.05, 4.69) is 23.1 Å². The lowest BCUT2D eigenvalue weighted by Gasteiger charge is -2.33. The zero-order chi connectivity index (χ0) is 21.1. The van der Waals surface area contributed by atoms with Crippen LogP contribution in [0, 0.1) is 6.92 Å². The van der Waals surface area contributed by atoms with Gasteiger partial charge in [-0.25, -0.2) is 0 Å². The maximum absolute atomic E-state index is 12.4. The molecule has 0 radical (unpaired) electrons. The van der Waals surface area contributed by atoms with Crippen LogP contribution in [0.1, 0.15) is 12.0 Å². The van der Waals surface area contributed by atoms with Gasteiger partial charge in [0.25, 0.3) is 10.1 Å². The zero-order valence-corrected chi connectivity index (χ0v) is 18.5. The molecule has 5 nitrogen and oxygen atoms in total. The molecule has 0 unspecified atom stereocenters. The second-order valence-corrected chi connectivity index (χ2v) is 9.70. The molecule has 0 N–H and O–H groups in total. The molecule has 0 spiro atoms. The van der Waals surface area contributed by atoms with E-state index < -0.39 is 10.1 Å². The summed E-state index contributed by atoms with van der Waals surface area (Å²) in [5, 5.41) is 0. The molecule has 0 saturated carbocycles. The Labute approximate surface area is 181 Å². The summed E-state index contributed by atoms with van der Waals surface area (Å²) in [5.41, 5.74) is 3.16. The number of para-hydroxylation sites is 1. The summed E-state index contributed by atoms with van der Waals surface area (Å²) in [5.74, 6) is 0.789. The minimum absolute atomic E-state index is 0.112. The maximum atomic E-state index is 12.4. The third-order valence-corrected chi connectivity index (χ3v) is 7.36. The van der Waals surface area contributed by atoms with Gasteiger partial charge in [-0.05, 0) is 49.7 Å². The third-order valence-electron chi connectivity index (χ3n) is 4.91. The zero-order valence-electron chi connectivity index (χ0n) is 16.9. The molecule has 30 heavy (non-hydrogen) atoms. The predicted octanol–water partition coefficient (Wildman–Crippen LogP) is 5.40. The average Bonchev–Trinajstić information content (AvgIpc) is 2.76. The summed E-state index contributed by atoms with van der Waals surface area (Å²) in [6.07, 6.45) is 0.556. The van der Waals surface area contributed by atoms with Crippen molar-refractivity contribution in [2.75, 3.05) is 25.2 Å². The minimum atomic E-state index is -3.75. The summed E-state index contributed by atoms with van der Waals surface area (Å²) >= 11 is 1.72. The Morgan fingerprint density at radius 3 is 2.43 bits per heavy atom. The van der Waals surface area contributed by atoms with Crippen LogP contribution in [-0.4, -0.2) is 28.7 Å². The fourth-order valence-electron chi connectivity index (χ4n) is 3.34. The van der Waals surface area contributed by atoms with Crippen LogP contribution in [0.3, 0.4) is 0 Å². The summed E-state index contributed by atoms with van der Waals surface area (Å²) < 4.78 is 35.5. The van der Waals surface area contributed by atoms with Gasteiger partial charge in [-0.3, -0.25) is 4.18 Å². The number of hydrogen-bond acceptors (Lipinski definition) is 6. The van der Waals surface area contributed by atoms with E-state index in [0.29, 0.717) is 13.0 Å². The van der Waals surface area contributed by atoms with Crippen molar-refractivity contribution in [3.63, 3.8) is 0 Å². The van der Waals surface area contributed by atoms with Gasteiger partial charge in [0.05, 0.1) is 30.0 Å². The second-order valence-electron chi connectivity index (χ2n) is 7.00. The molecule has 3 aromatic rings. The van der Waals surface area contributed by atoms with Crippen LogP contribution in [0.25, 0.3) is 0 Å². The van der Waals surface area contributed by atoms with Crippen molar-refractivity contribution in [2.45, 2.75) is 28.0 Å². The van der Waals surface area contributed by atoms with Crippen LogP contribution in [0.5, 0.6) is 5.75 Å². The van der Waals surface area contributed by atoms with E-state index in [1.165, 1.54) is 4.90 Å². The van der Waals surface area contributed by atoms with Gasteiger partial charge in [-0.1, -0.05) is 41.6 Å². The normalized spacial score (nSPS) is 12.9. The van der Waals surface area contributed by atoms with Crippen molar-refractivity contribution in [3.05, 3.63) is 72.3 Å². The molecule has 4 rings (SSSR count). The molecule has 1 aliphatic rings. The molecule has 1 heterocycles. The number of hydrogen-bond donors (Lipinski definition) is 0. The van der Waals surface area contributed by atoms with Gasteiger partial charge in [0.2, 0.25) is 0 Å². The van der Waals surface area contributed by atoms with E-state index in [9.17, 15) is 8.42 Å². The number of ether oxygens (including phenoxy) is 1. The fourth-order valence-corrected chi connectivity index (χ4v) is 5.36. The number of aryl methyl sites for hydroxylation is 1. The largest absolute Gasteiger partial charge is 0.497 e. The summed E-state index contributed by atoms with van der Waals surface area (Å²) in [6.45, 7) is 2.65. The third kappa shape index (κ3) is 4.33. The summed E-state index contributed by atoms with van der Waals surface area (Å²) in [4.78, 5) is 4.69. The molecule has 156 valence electrons. The smallest absolute Gasteiger partial charge is 0.296 e. The molecule has 0 saturated heterocycles. The quantitative estimate of drug-likeness (QED) is 0.361. The first-order valence-corrected chi connectivity index (χ1v) is 11.9. The SMILES string of the molecule is COc1ccc2c(c1)N(CCCOS(=O)(=O)c1ccc(C)cc1)c1ccccc1S2. The predicted molar refractivity (Wildman–Crippen MR) is 119 cm³/mol. The van der Waals surface area contributed by atoms with Crippen molar-refractivity contribution in [2.24, 2.45) is 0 Å². The van der Waals surface area contributed by atoms with E-state index in [4.69, 9.17) is 8.92 Å². The van der Waals surface area contributed by atoms with Crippen LogP contribution in [-0.2, 0) is 14.3 Å². The molecule has 0 atom stereocenters. The first-order chi connectivity index (χ1) is 14.5. The van der Waals surface area contributed by atoms with Gasteiger partial charge in [-0.2, -0.15) is 8.42 Å². The van der Waals surface area contributed by atoms with E-state index in [1.807, 2.05) is 31.2 Å². The first-order valence-electron chi connectivity index (χ1n) is 9.66. The molecule has 7 heteroatoms. The van der Waals surface area contributed by atoms with E-state index in [1.54, 1.807) is 43.1 Å². The fraction of sp³-hybridized carbons (Fsp3) is 0.217. The Morgan fingerprint density at radius 1 is 0.933 bits per heavy atom. The van der Waals surface area contributed by atoms with Crippen LogP contribution in [0.4, 0.5) is 11.4 Å². The van der Waals surface area contributed by atoms with Crippen molar-refractivity contribution in [1.82, 2.24) is 0 Å². The number of rotatable bonds is 7. The lowest BCUT2D eigenvalue weighted by Crippen LogP contribution is -2.23. The van der Waals surface area contributed by atoms with Crippen molar-refractivity contribution in [1.29, 1.82) is 0 Å². The molecule has 3 aromatic carbocycles. The van der Waals surface area contributed by atoms with Gasteiger partial charge in [-0.15, -0.1) is 0 Å². The monoisotopic (exact) mass is 441 g/mol. The first kappa shape index (κ1) is 20.8.